The maximum atomic E-state index is 9.77. The first-order chi connectivity index (χ1) is 14.5. The molecule has 2 heterocycles. The Bertz CT molecular complexity index is 935. The van der Waals surface area contributed by atoms with Gasteiger partial charge < -0.3 is 20.8 Å². The van der Waals surface area contributed by atoms with Gasteiger partial charge in [-0.1, -0.05) is 30.0 Å². The van der Waals surface area contributed by atoms with E-state index in [0.717, 1.165) is 42.8 Å². The molecule has 6 nitrogen and oxygen atoms in total. The molecule has 2 unspecified atom stereocenters. The van der Waals surface area contributed by atoms with Crippen LogP contribution in [0.2, 0.25) is 0 Å². The van der Waals surface area contributed by atoms with E-state index < -0.39 is 12.2 Å². The fourth-order valence-corrected chi connectivity index (χ4v) is 4.74. The second-order valence-corrected chi connectivity index (χ2v) is 9.13. The zero-order valence-electron chi connectivity index (χ0n) is 17.0. The Morgan fingerprint density at radius 2 is 1.90 bits per heavy atom. The van der Waals surface area contributed by atoms with Gasteiger partial charge in [-0.3, -0.25) is 5.41 Å². The normalized spacial score (nSPS) is 22.3. The number of hydrogen-bond donors (Lipinski definition) is 4. The first-order valence-corrected chi connectivity index (χ1v) is 11.4. The molecule has 0 bridgehead atoms. The van der Waals surface area contributed by atoms with E-state index in [0.29, 0.717) is 13.1 Å². The molecule has 1 aromatic heterocycles. The number of fused-ring (bicyclic) bond motifs is 1. The number of pyridine rings is 1. The lowest BCUT2D eigenvalue weighted by molar-refractivity contribution is -0.692. The smallest absolute Gasteiger partial charge is 0.172 e. The number of aryl methyl sites for hydroxylation is 2. The van der Waals surface area contributed by atoms with Crippen LogP contribution in [0.3, 0.4) is 0 Å². The second kappa shape index (κ2) is 9.20. The third-order valence-electron chi connectivity index (χ3n) is 5.80. The Morgan fingerprint density at radius 1 is 1.17 bits per heavy atom. The molecule has 1 saturated heterocycles. The Morgan fingerprint density at radius 3 is 2.60 bits per heavy atom. The van der Waals surface area contributed by atoms with Gasteiger partial charge in [0.05, 0.1) is 18.0 Å². The van der Waals surface area contributed by atoms with Crippen molar-refractivity contribution >= 4 is 34.3 Å². The fraction of sp³-hybridized carbons (Fsp3) is 0.391. The van der Waals surface area contributed by atoms with Crippen LogP contribution in [0.15, 0.2) is 42.7 Å². The van der Waals surface area contributed by atoms with Gasteiger partial charge in [0.1, 0.15) is 0 Å². The van der Waals surface area contributed by atoms with Gasteiger partial charge in [0.15, 0.2) is 24.1 Å². The Labute approximate surface area is 181 Å². The molecule has 1 aromatic carbocycles. The predicted octanol–water partition coefficient (Wildman–Crippen LogP) is 2.02. The Kier molecular flexibility index (Phi) is 6.41. The van der Waals surface area contributed by atoms with Gasteiger partial charge in [0.2, 0.25) is 0 Å². The number of nitrogens with zero attached hydrogens (tertiary/aromatic N) is 2. The average Bonchev–Trinajstić information content (AvgIpc) is 3.07. The first-order valence-electron chi connectivity index (χ1n) is 10.4. The number of aliphatic hydroxyl groups is 2. The largest absolute Gasteiger partial charge is 0.389 e. The number of rotatable bonds is 5. The zero-order valence-corrected chi connectivity index (χ0v) is 17.8. The van der Waals surface area contributed by atoms with Crippen LogP contribution in [0.1, 0.15) is 29.5 Å². The van der Waals surface area contributed by atoms with Gasteiger partial charge in [-0.25, -0.2) is 4.57 Å². The van der Waals surface area contributed by atoms with Gasteiger partial charge in [-0.15, -0.1) is 0 Å². The molecule has 1 fully saturated rings. The van der Waals surface area contributed by atoms with Crippen LogP contribution in [-0.2, 0) is 13.0 Å². The standard InChI is InChI=1S/C23H29N4O2S/c24-23(25)30-11-10-26-9-8-20-17(2-1-3-18(20)13-26)12-16-4-6-19(7-5-16)27-14-21(28)22(29)15-27/h4-9,12-13,21-22,28-29H,1-3,10-11,14-15H2,(H3,24,25)/q+1. The van der Waals surface area contributed by atoms with E-state index in [-0.39, 0.29) is 5.17 Å². The summed E-state index contributed by atoms with van der Waals surface area (Å²) in [4.78, 5) is 2.02. The summed E-state index contributed by atoms with van der Waals surface area (Å²) in [7, 11) is 0. The zero-order chi connectivity index (χ0) is 21.1. The quantitative estimate of drug-likeness (QED) is 0.334. The van der Waals surface area contributed by atoms with E-state index in [9.17, 15) is 10.2 Å². The number of nitrogens with two attached hydrogens (primary N) is 1. The number of aromatic nitrogens is 1. The van der Waals surface area contributed by atoms with Crippen molar-refractivity contribution in [1.82, 2.24) is 0 Å². The molecule has 0 amide bonds. The topological polar surface area (TPSA) is 97.5 Å². The van der Waals surface area contributed by atoms with Crippen LogP contribution in [-0.4, -0.2) is 46.4 Å². The third-order valence-corrected chi connectivity index (χ3v) is 6.50. The van der Waals surface area contributed by atoms with Gasteiger partial charge in [-0.2, -0.15) is 0 Å². The van der Waals surface area contributed by atoms with E-state index in [4.69, 9.17) is 11.1 Å². The minimum Gasteiger partial charge on any atom is -0.389 e. The number of amidine groups is 1. The maximum Gasteiger partial charge on any atom is 0.172 e. The summed E-state index contributed by atoms with van der Waals surface area (Å²) >= 11 is 1.37. The molecule has 0 spiro atoms. The SMILES string of the molecule is N=C(N)SCC[n+]1ccc2c(c1)CCC/C2=C\c1ccc(N2CC(O)C(O)C2)cc1. The molecular weight excluding hydrogens is 396 g/mol. The number of benzene rings is 1. The summed E-state index contributed by atoms with van der Waals surface area (Å²) in [6.45, 7) is 1.79. The van der Waals surface area contributed by atoms with Crippen molar-refractivity contribution in [3.63, 3.8) is 0 Å². The van der Waals surface area contributed by atoms with Crippen molar-refractivity contribution in [2.45, 2.75) is 38.0 Å². The number of aliphatic hydroxyl groups excluding tert-OH is 2. The third kappa shape index (κ3) is 4.86. The van der Waals surface area contributed by atoms with Crippen molar-refractivity contribution in [3.05, 3.63) is 59.4 Å². The van der Waals surface area contributed by atoms with Crippen molar-refractivity contribution in [2.24, 2.45) is 5.73 Å². The molecule has 2 aliphatic rings. The summed E-state index contributed by atoms with van der Waals surface area (Å²) in [6.07, 6.45) is 8.58. The van der Waals surface area contributed by atoms with Gasteiger partial charge in [-0.05, 0) is 48.1 Å². The fourth-order valence-electron chi connectivity index (χ4n) is 4.22. The lowest BCUT2D eigenvalue weighted by atomic mass is 9.87. The monoisotopic (exact) mass is 425 g/mol. The summed E-state index contributed by atoms with van der Waals surface area (Å²) in [6, 6.07) is 10.5. The van der Waals surface area contributed by atoms with Crippen molar-refractivity contribution in [2.75, 3.05) is 23.7 Å². The molecule has 1 aliphatic heterocycles. The maximum absolute atomic E-state index is 9.77. The molecule has 30 heavy (non-hydrogen) atoms. The molecule has 2 aromatic rings. The molecule has 5 N–H and O–H groups in total. The number of β-amino-alcohol motifs (C(OH)–C–C–N with tert-alkyl or cyclic N) is 2. The minimum absolute atomic E-state index is 0.168. The summed E-state index contributed by atoms with van der Waals surface area (Å²) < 4.78 is 2.19. The highest BCUT2D eigenvalue weighted by Gasteiger charge is 2.29. The number of nitrogens with one attached hydrogen (secondary N) is 1. The average molecular weight is 426 g/mol. The number of anilines is 1. The number of allylic oxidation sites excluding steroid dienone is 1. The van der Waals surface area contributed by atoms with Crippen LogP contribution in [0, 0.1) is 5.41 Å². The molecule has 7 heteroatoms. The molecule has 2 atom stereocenters. The highest BCUT2D eigenvalue weighted by atomic mass is 32.2. The van der Waals surface area contributed by atoms with Crippen molar-refractivity contribution < 1.29 is 14.8 Å². The van der Waals surface area contributed by atoms with E-state index in [2.05, 4.69) is 53.4 Å². The highest BCUT2D eigenvalue weighted by molar-refractivity contribution is 8.13. The van der Waals surface area contributed by atoms with Gasteiger partial charge in [0.25, 0.3) is 0 Å². The van der Waals surface area contributed by atoms with Crippen LogP contribution >= 0.6 is 11.8 Å². The van der Waals surface area contributed by atoms with E-state index in [1.807, 2.05) is 4.90 Å². The van der Waals surface area contributed by atoms with Crippen LogP contribution in [0.25, 0.3) is 11.6 Å². The number of thioether (sulfide) groups is 1. The van der Waals surface area contributed by atoms with E-state index >= 15 is 0 Å². The Balaban J connectivity index is 1.48. The van der Waals surface area contributed by atoms with Gasteiger partial charge >= 0.3 is 0 Å². The lowest BCUT2D eigenvalue weighted by Crippen LogP contribution is -2.35. The summed E-state index contributed by atoms with van der Waals surface area (Å²) in [5.41, 5.74) is 11.7. The lowest BCUT2D eigenvalue weighted by Gasteiger charge is -2.19. The molecule has 0 saturated carbocycles. The Hall–Kier alpha value is -2.35. The highest BCUT2D eigenvalue weighted by Crippen LogP contribution is 2.32. The second-order valence-electron chi connectivity index (χ2n) is 7.99. The van der Waals surface area contributed by atoms with Crippen molar-refractivity contribution in [3.8, 4) is 0 Å². The molecule has 0 radical (unpaired) electrons. The van der Waals surface area contributed by atoms with E-state index in [1.54, 1.807) is 0 Å². The summed E-state index contributed by atoms with van der Waals surface area (Å²) in [5, 5.41) is 27.0. The van der Waals surface area contributed by atoms with Crippen LogP contribution in [0.4, 0.5) is 5.69 Å². The van der Waals surface area contributed by atoms with Gasteiger partial charge in [0, 0.05) is 30.4 Å². The number of hydrogen-bond acceptors (Lipinski definition) is 5. The van der Waals surface area contributed by atoms with Crippen molar-refractivity contribution in [1.29, 1.82) is 5.41 Å². The molecule has 4 rings (SSSR count). The molecule has 158 valence electrons. The predicted molar refractivity (Wildman–Crippen MR) is 122 cm³/mol. The molecular formula is C23H29N4O2S+. The van der Waals surface area contributed by atoms with E-state index in [1.165, 1.54) is 28.5 Å². The first kappa shape index (κ1) is 20.9. The van der Waals surface area contributed by atoms with Crippen LogP contribution < -0.4 is 15.2 Å². The summed E-state index contributed by atoms with van der Waals surface area (Å²) in [5.74, 6) is 0.804. The molecule has 1 aliphatic carbocycles. The minimum atomic E-state index is -0.672. The van der Waals surface area contributed by atoms with Crippen LogP contribution in [0.5, 0.6) is 0 Å².